The lowest BCUT2D eigenvalue weighted by Gasteiger charge is -2.22. The van der Waals surface area contributed by atoms with E-state index in [0.717, 1.165) is 22.3 Å². The Morgan fingerprint density at radius 1 is 1.07 bits per heavy atom. The van der Waals surface area contributed by atoms with E-state index in [2.05, 4.69) is 0 Å². The molecule has 0 saturated carbocycles. The molecule has 150 valence electrons. The van der Waals surface area contributed by atoms with Gasteiger partial charge >= 0.3 is 5.97 Å². The van der Waals surface area contributed by atoms with Crippen molar-refractivity contribution >= 4 is 27.9 Å². The van der Waals surface area contributed by atoms with Crippen molar-refractivity contribution in [2.75, 3.05) is 6.61 Å². The summed E-state index contributed by atoms with van der Waals surface area (Å²) < 4.78 is 35.1. The first-order chi connectivity index (χ1) is 13.7. The van der Waals surface area contributed by atoms with Crippen LogP contribution in [-0.4, -0.2) is 52.4 Å². The third-order valence-corrected chi connectivity index (χ3v) is 6.65. The number of esters is 1. The van der Waals surface area contributed by atoms with Crippen LogP contribution in [0.3, 0.4) is 0 Å². The molecule has 2 N–H and O–H groups in total. The van der Waals surface area contributed by atoms with Crippen LogP contribution in [0.5, 0.6) is 0 Å². The molecule has 1 fully saturated rings. The summed E-state index contributed by atoms with van der Waals surface area (Å²) in [6.07, 6.45) is -1.24. The summed E-state index contributed by atoms with van der Waals surface area (Å²) in [4.78, 5) is 36.4. The first kappa shape index (κ1) is 19.2. The molecule has 0 radical (unpaired) electrons. The minimum Gasteiger partial charge on any atom is -0.463 e. The van der Waals surface area contributed by atoms with E-state index in [9.17, 15) is 32.6 Å². The largest absolute Gasteiger partial charge is 0.463 e. The molecule has 2 aromatic rings. The molecule has 29 heavy (non-hydrogen) atoms. The average Bonchev–Trinajstić information content (AvgIpc) is 3.13. The van der Waals surface area contributed by atoms with Crippen LogP contribution in [0.4, 0.5) is 0 Å². The minimum absolute atomic E-state index is 0.322. The van der Waals surface area contributed by atoms with Crippen LogP contribution in [0, 0.1) is 0 Å². The number of amides is 2. The van der Waals surface area contributed by atoms with Gasteiger partial charge in [0.2, 0.25) is 0 Å². The third-order valence-electron chi connectivity index (χ3n) is 5.29. The van der Waals surface area contributed by atoms with E-state index in [-0.39, 0.29) is 6.61 Å². The van der Waals surface area contributed by atoms with Crippen molar-refractivity contribution in [2.24, 2.45) is 0 Å². The fourth-order valence-corrected chi connectivity index (χ4v) is 4.71. The van der Waals surface area contributed by atoms with Crippen LogP contribution >= 0.6 is 0 Å². The molecule has 1 aliphatic heterocycles. The van der Waals surface area contributed by atoms with E-state index in [0.29, 0.717) is 0 Å². The molecule has 1 saturated heterocycles. The first-order valence-corrected chi connectivity index (χ1v) is 10.0. The molecule has 1 unspecified atom stereocenters. The molecular weight excluding hydrogens is 402 g/mol. The molecule has 0 spiro atoms. The Kier molecular flexibility index (Phi) is 4.30. The lowest BCUT2D eigenvalue weighted by Crippen LogP contribution is -2.53. The van der Waals surface area contributed by atoms with Gasteiger partial charge in [-0.3, -0.25) is 19.3 Å². The third kappa shape index (κ3) is 2.68. The molecule has 1 heterocycles. The molecule has 0 bridgehead atoms. The zero-order chi connectivity index (χ0) is 21.0. The van der Waals surface area contributed by atoms with Gasteiger partial charge in [-0.2, -0.15) is 13.5 Å². The highest BCUT2D eigenvalue weighted by Gasteiger charge is 2.67. The zero-order valence-corrected chi connectivity index (χ0v) is 15.6. The Morgan fingerprint density at radius 3 is 2.03 bits per heavy atom. The predicted octanol–water partition coefficient (Wildman–Crippen LogP) is 1.12. The fourth-order valence-electron chi connectivity index (χ4n) is 3.83. The van der Waals surface area contributed by atoms with Gasteiger partial charge in [0, 0.05) is 5.92 Å². The van der Waals surface area contributed by atoms with Crippen LogP contribution in [0.2, 0.25) is 0 Å². The van der Waals surface area contributed by atoms with Gasteiger partial charge in [-0.15, -0.1) is 0 Å². The number of nitrogens with zero attached hydrogens (tertiary/aromatic N) is 1. The number of benzene rings is 2. The number of hydrogen-bond acceptors (Lipinski definition) is 7. The first-order valence-electron chi connectivity index (χ1n) is 8.57. The Morgan fingerprint density at radius 2 is 1.59 bits per heavy atom. The maximum atomic E-state index is 12.6. The van der Waals surface area contributed by atoms with Crippen molar-refractivity contribution in [3.8, 4) is 11.1 Å². The molecule has 2 amide bonds. The second kappa shape index (κ2) is 6.48. The Labute approximate surface area is 165 Å². The van der Waals surface area contributed by atoms with Gasteiger partial charge in [0.1, 0.15) is 6.61 Å². The number of imide groups is 1. The standard InChI is InChI=1S/C19H15NO8S/c21-16-9-19(29(25,26)27,17(22)20(16)24)18(23)28-10-15-13-7-3-1-5-11(13)12-6-2-4-8-14(12)15/h1-8,15,24H,9-10H2,(H,25,26,27). The van der Waals surface area contributed by atoms with Crippen molar-refractivity contribution < 1.29 is 37.3 Å². The van der Waals surface area contributed by atoms with Gasteiger partial charge < -0.3 is 4.74 Å². The van der Waals surface area contributed by atoms with Gasteiger partial charge in [0.05, 0.1) is 6.42 Å². The van der Waals surface area contributed by atoms with Crippen LogP contribution < -0.4 is 0 Å². The number of hydroxylamine groups is 2. The van der Waals surface area contributed by atoms with Crippen LogP contribution in [0.15, 0.2) is 48.5 Å². The summed E-state index contributed by atoms with van der Waals surface area (Å²) in [5, 5.41) is 8.91. The number of rotatable bonds is 4. The van der Waals surface area contributed by atoms with Crippen molar-refractivity contribution in [3.05, 3.63) is 59.7 Å². The average molecular weight is 417 g/mol. The predicted molar refractivity (Wildman–Crippen MR) is 97.2 cm³/mol. The molecular formula is C19H15NO8S. The molecule has 2 aliphatic rings. The second-order valence-corrected chi connectivity index (χ2v) is 8.46. The van der Waals surface area contributed by atoms with Crippen LogP contribution in [0.1, 0.15) is 23.5 Å². The Hall–Kier alpha value is -3.08. The second-order valence-electron chi connectivity index (χ2n) is 6.82. The highest BCUT2D eigenvalue weighted by molar-refractivity contribution is 7.89. The lowest BCUT2D eigenvalue weighted by molar-refractivity contribution is -0.173. The lowest BCUT2D eigenvalue weighted by atomic mass is 9.98. The van der Waals surface area contributed by atoms with Crippen molar-refractivity contribution in [2.45, 2.75) is 17.1 Å². The van der Waals surface area contributed by atoms with E-state index >= 15 is 0 Å². The van der Waals surface area contributed by atoms with Crippen molar-refractivity contribution in [1.82, 2.24) is 5.06 Å². The van der Waals surface area contributed by atoms with Gasteiger partial charge in [-0.05, 0) is 22.3 Å². The molecule has 1 atom stereocenters. The van der Waals surface area contributed by atoms with Crippen molar-refractivity contribution in [3.63, 3.8) is 0 Å². The maximum Gasteiger partial charge on any atom is 0.340 e. The van der Waals surface area contributed by atoms with Crippen LogP contribution in [-0.2, 0) is 29.2 Å². The van der Waals surface area contributed by atoms with Crippen LogP contribution in [0.25, 0.3) is 11.1 Å². The van der Waals surface area contributed by atoms with Gasteiger partial charge in [-0.1, -0.05) is 48.5 Å². The van der Waals surface area contributed by atoms with Gasteiger partial charge in [-0.25, -0.2) is 4.79 Å². The van der Waals surface area contributed by atoms with E-state index in [1.54, 1.807) is 0 Å². The summed E-state index contributed by atoms with van der Waals surface area (Å²) in [7, 11) is -5.39. The fraction of sp³-hybridized carbons (Fsp3) is 0.211. The smallest absolute Gasteiger partial charge is 0.340 e. The quantitative estimate of drug-likeness (QED) is 0.248. The Balaban J connectivity index is 1.66. The van der Waals surface area contributed by atoms with E-state index < -0.39 is 50.1 Å². The van der Waals surface area contributed by atoms with Crippen molar-refractivity contribution in [1.29, 1.82) is 0 Å². The molecule has 9 nitrogen and oxygen atoms in total. The zero-order valence-electron chi connectivity index (χ0n) is 14.8. The molecule has 2 aromatic carbocycles. The Bertz CT molecular complexity index is 1110. The summed E-state index contributed by atoms with van der Waals surface area (Å²) in [6.45, 7) is -0.322. The van der Waals surface area contributed by atoms with E-state index in [1.807, 2.05) is 48.5 Å². The number of hydrogen-bond donors (Lipinski definition) is 2. The SMILES string of the molecule is O=C1CC(C(=O)OCC2c3ccccc3-c3ccccc32)(S(=O)(=O)O)C(=O)N1O. The highest BCUT2D eigenvalue weighted by Crippen LogP contribution is 2.45. The molecule has 1 aliphatic carbocycles. The van der Waals surface area contributed by atoms with Gasteiger partial charge in [0.25, 0.3) is 26.7 Å². The number of carbonyl (C=O) groups excluding carboxylic acids is 3. The normalized spacial score (nSPS) is 21.2. The number of carbonyl (C=O) groups is 3. The van der Waals surface area contributed by atoms with Gasteiger partial charge in [0.15, 0.2) is 0 Å². The maximum absolute atomic E-state index is 12.6. The highest BCUT2D eigenvalue weighted by atomic mass is 32.2. The van der Waals surface area contributed by atoms with E-state index in [1.165, 1.54) is 0 Å². The topological polar surface area (TPSA) is 138 Å². The van der Waals surface area contributed by atoms with E-state index in [4.69, 9.17) is 4.74 Å². The molecule has 0 aromatic heterocycles. The minimum atomic E-state index is -5.39. The molecule has 4 rings (SSSR count). The number of ether oxygens (including phenoxy) is 1. The summed E-state index contributed by atoms with van der Waals surface area (Å²) in [5.41, 5.74) is 3.56. The molecule has 10 heteroatoms. The summed E-state index contributed by atoms with van der Waals surface area (Å²) in [6, 6.07) is 14.8. The number of fused-ring (bicyclic) bond motifs is 3. The monoisotopic (exact) mass is 417 g/mol. The summed E-state index contributed by atoms with van der Waals surface area (Å²) >= 11 is 0. The summed E-state index contributed by atoms with van der Waals surface area (Å²) in [5.74, 6) is -5.14.